The van der Waals surface area contributed by atoms with Crippen molar-refractivity contribution >= 4 is 5.91 Å². The second-order valence-electron chi connectivity index (χ2n) is 7.73. The molecule has 0 aromatic carbocycles. The van der Waals surface area contributed by atoms with Crippen LogP contribution in [0.4, 0.5) is 0 Å². The number of likely N-dealkylation sites (tertiary alicyclic amines) is 1. The monoisotopic (exact) mass is 300 g/mol. The van der Waals surface area contributed by atoms with Gasteiger partial charge in [-0.3, -0.25) is 4.79 Å². The maximum absolute atomic E-state index is 13.0. The fraction of sp³-hybridized carbons (Fsp3) is 0.737. The van der Waals surface area contributed by atoms with Crippen LogP contribution in [-0.2, 0) is 0 Å². The van der Waals surface area contributed by atoms with Crippen molar-refractivity contribution in [3.05, 3.63) is 23.0 Å². The molecule has 0 bridgehead atoms. The van der Waals surface area contributed by atoms with E-state index in [0.717, 1.165) is 30.5 Å². The molecular weight excluding hydrogens is 272 g/mol. The highest BCUT2D eigenvalue weighted by Crippen LogP contribution is 2.39. The maximum atomic E-state index is 13.0. The van der Waals surface area contributed by atoms with E-state index in [1.165, 1.54) is 56.3 Å². The number of nitrogens with zero attached hydrogens (tertiary/aromatic N) is 2. The number of amides is 1. The average Bonchev–Trinajstić information content (AvgIpc) is 3.32. The van der Waals surface area contributed by atoms with Crippen molar-refractivity contribution in [2.75, 3.05) is 13.1 Å². The van der Waals surface area contributed by atoms with Gasteiger partial charge in [-0.1, -0.05) is 19.3 Å². The summed E-state index contributed by atoms with van der Waals surface area (Å²) in [5, 5.41) is 0. The van der Waals surface area contributed by atoms with Crippen LogP contribution in [0.25, 0.3) is 0 Å². The van der Waals surface area contributed by atoms with E-state index in [2.05, 4.69) is 29.4 Å². The van der Waals surface area contributed by atoms with Crippen LogP contribution in [-0.4, -0.2) is 28.5 Å². The minimum absolute atomic E-state index is 0.282. The largest absolute Gasteiger partial charge is 0.345 e. The normalized spacial score (nSPS) is 28.5. The Balaban J connectivity index is 1.53. The van der Waals surface area contributed by atoms with Gasteiger partial charge in [0.2, 0.25) is 0 Å². The molecule has 120 valence electrons. The number of hydrogen-bond donors (Lipinski definition) is 0. The Morgan fingerprint density at radius 2 is 1.77 bits per heavy atom. The molecule has 1 aromatic heterocycles. The summed E-state index contributed by atoms with van der Waals surface area (Å²) in [4.78, 5) is 15.2. The first-order valence-corrected chi connectivity index (χ1v) is 9.13. The highest BCUT2D eigenvalue weighted by molar-refractivity contribution is 5.95. The molecule has 3 nitrogen and oxygen atoms in total. The van der Waals surface area contributed by atoms with E-state index >= 15 is 0 Å². The van der Waals surface area contributed by atoms with Gasteiger partial charge >= 0.3 is 0 Å². The molecule has 2 aliphatic carbocycles. The van der Waals surface area contributed by atoms with Gasteiger partial charge in [0.1, 0.15) is 0 Å². The number of carbonyl (C=O) groups excluding carboxylic acids is 1. The van der Waals surface area contributed by atoms with Crippen molar-refractivity contribution in [3.8, 4) is 0 Å². The standard InChI is InChI=1S/C19H28N2O/c1-13-11-18(14(2)21(13)17-7-8-17)19(22)20-10-9-15-5-3-4-6-16(15)12-20/h11,15-17H,3-10,12H2,1-2H3. The van der Waals surface area contributed by atoms with E-state index in [1.807, 2.05) is 0 Å². The first-order chi connectivity index (χ1) is 10.6. The lowest BCUT2D eigenvalue weighted by Crippen LogP contribution is -2.44. The van der Waals surface area contributed by atoms with Crippen molar-refractivity contribution in [1.29, 1.82) is 0 Å². The highest BCUT2D eigenvalue weighted by atomic mass is 16.2. The van der Waals surface area contributed by atoms with Crippen molar-refractivity contribution in [3.63, 3.8) is 0 Å². The van der Waals surface area contributed by atoms with Crippen LogP contribution in [0.1, 0.15) is 72.7 Å². The number of carbonyl (C=O) groups is 1. The van der Waals surface area contributed by atoms with Gasteiger partial charge in [-0.25, -0.2) is 0 Å². The summed E-state index contributed by atoms with van der Waals surface area (Å²) >= 11 is 0. The van der Waals surface area contributed by atoms with Gasteiger partial charge in [0.25, 0.3) is 5.91 Å². The quantitative estimate of drug-likeness (QED) is 0.807. The van der Waals surface area contributed by atoms with E-state index in [9.17, 15) is 4.79 Å². The minimum atomic E-state index is 0.282. The second-order valence-corrected chi connectivity index (χ2v) is 7.73. The molecule has 2 heterocycles. The van der Waals surface area contributed by atoms with Crippen LogP contribution in [0.3, 0.4) is 0 Å². The summed E-state index contributed by atoms with van der Waals surface area (Å²) < 4.78 is 2.39. The zero-order valence-electron chi connectivity index (χ0n) is 14.0. The van der Waals surface area contributed by atoms with E-state index in [0.29, 0.717) is 6.04 Å². The lowest BCUT2D eigenvalue weighted by molar-refractivity contribution is 0.0520. The van der Waals surface area contributed by atoms with Crippen molar-refractivity contribution in [2.45, 2.75) is 64.8 Å². The number of aromatic nitrogens is 1. The van der Waals surface area contributed by atoms with Crippen LogP contribution in [0, 0.1) is 25.7 Å². The molecule has 4 rings (SSSR count). The molecule has 0 N–H and O–H groups in total. The molecule has 2 atom stereocenters. The zero-order valence-corrected chi connectivity index (χ0v) is 14.0. The van der Waals surface area contributed by atoms with Crippen molar-refractivity contribution in [1.82, 2.24) is 9.47 Å². The lowest BCUT2D eigenvalue weighted by Gasteiger charge is -2.41. The van der Waals surface area contributed by atoms with E-state index in [-0.39, 0.29) is 5.91 Å². The van der Waals surface area contributed by atoms with E-state index < -0.39 is 0 Å². The predicted molar refractivity (Wildman–Crippen MR) is 88.1 cm³/mol. The third kappa shape index (κ3) is 2.39. The Hall–Kier alpha value is -1.25. The lowest BCUT2D eigenvalue weighted by atomic mass is 9.75. The summed E-state index contributed by atoms with van der Waals surface area (Å²) in [7, 11) is 0. The van der Waals surface area contributed by atoms with Gasteiger partial charge in [0.15, 0.2) is 0 Å². The first kappa shape index (κ1) is 14.3. The Morgan fingerprint density at radius 1 is 1.05 bits per heavy atom. The number of rotatable bonds is 2. The molecule has 0 spiro atoms. The Labute approximate surface area is 133 Å². The third-order valence-electron chi connectivity index (χ3n) is 6.21. The summed E-state index contributed by atoms with van der Waals surface area (Å²) in [5.74, 6) is 1.93. The van der Waals surface area contributed by atoms with Gasteiger partial charge in [0.05, 0.1) is 5.56 Å². The predicted octanol–water partition coefficient (Wildman–Crippen LogP) is 4.09. The molecule has 3 aliphatic rings. The van der Waals surface area contributed by atoms with Crippen LogP contribution in [0.5, 0.6) is 0 Å². The fourth-order valence-electron chi connectivity index (χ4n) is 4.84. The molecule has 2 saturated carbocycles. The minimum Gasteiger partial charge on any atom is -0.345 e. The van der Waals surface area contributed by atoms with Crippen LogP contribution >= 0.6 is 0 Å². The zero-order chi connectivity index (χ0) is 15.3. The summed E-state index contributed by atoms with van der Waals surface area (Å²) in [6, 6.07) is 2.79. The number of hydrogen-bond acceptors (Lipinski definition) is 1. The second kappa shape index (κ2) is 5.43. The van der Waals surface area contributed by atoms with Crippen LogP contribution < -0.4 is 0 Å². The molecule has 1 saturated heterocycles. The van der Waals surface area contributed by atoms with E-state index in [4.69, 9.17) is 0 Å². The Morgan fingerprint density at radius 3 is 2.50 bits per heavy atom. The van der Waals surface area contributed by atoms with Crippen LogP contribution in [0.15, 0.2) is 6.07 Å². The van der Waals surface area contributed by atoms with Crippen LogP contribution in [0.2, 0.25) is 0 Å². The van der Waals surface area contributed by atoms with Crippen molar-refractivity contribution < 1.29 is 4.79 Å². The molecule has 1 aromatic rings. The van der Waals surface area contributed by atoms with E-state index in [1.54, 1.807) is 0 Å². The average molecular weight is 300 g/mol. The SMILES string of the molecule is Cc1cc(C(=O)N2CCC3CCCCC3C2)c(C)n1C1CC1. The first-order valence-electron chi connectivity index (χ1n) is 9.13. The topological polar surface area (TPSA) is 25.2 Å². The summed E-state index contributed by atoms with van der Waals surface area (Å²) in [6.45, 7) is 6.24. The molecule has 3 fully saturated rings. The van der Waals surface area contributed by atoms with Gasteiger partial charge < -0.3 is 9.47 Å². The summed E-state index contributed by atoms with van der Waals surface area (Å²) in [5.41, 5.74) is 3.41. The molecule has 1 amide bonds. The molecule has 1 aliphatic heterocycles. The number of piperidine rings is 1. The van der Waals surface area contributed by atoms with Gasteiger partial charge in [-0.05, 0) is 57.4 Å². The molecule has 3 heteroatoms. The van der Waals surface area contributed by atoms with Gasteiger partial charge in [-0.15, -0.1) is 0 Å². The molecular formula is C19H28N2O. The van der Waals surface area contributed by atoms with Crippen molar-refractivity contribution in [2.24, 2.45) is 11.8 Å². The third-order valence-corrected chi connectivity index (χ3v) is 6.21. The Kier molecular flexibility index (Phi) is 3.54. The summed E-state index contributed by atoms with van der Waals surface area (Å²) in [6.07, 6.45) is 9.25. The number of fused-ring (bicyclic) bond motifs is 1. The van der Waals surface area contributed by atoms with Gasteiger partial charge in [-0.2, -0.15) is 0 Å². The number of aryl methyl sites for hydroxylation is 1. The van der Waals surface area contributed by atoms with Gasteiger partial charge in [0, 0.05) is 30.5 Å². The fourth-order valence-corrected chi connectivity index (χ4v) is 4.84. The Bertz CT molecular complexity index is 585. The highest BCUT2D eigenvalue weighted by Gasteiger charge is 2.35. The molecule has 0 radical (unpaired) electrons. The molecule has 22 heavy (non-hydrogen) atoms. The molecule has 2 unspecified atom stereocenters. The smallest absolute Gasteiger partial charge is 0.255 e. The maximum Gasteiger partial charge on any atom is 0.255 e.